The molecule has 1 atom stereocenters. The Morgan fingerprint density at radius 2 is 1.77 bits per heavy atom. The fourth-order valence-electron chi connectivity index (χ4n) is 1.37. The lowest BCUT2D eigenvalue weighted by Gasteiger charge is -2.11. The quantitative estimate of drug-likeness (QED) is 0.682. The molecule has 1 aromatic carbocycles. The molecular weight excluding hydrogens is 164 g/mol. The van der Waals surface area contributed by atoms with E-state index in [4.69, 9.17) is 0 Å². The standard InChI is InChI=1S/C11H14O2/c1-8(12)11(9(2)13)10-6-4-3-5-7-10/h3-8,12-13H,1-2H3/b11-9+. The van der Waals surface area contributed by atoms with Gasteiger partial charge in [0.15, 0.2) is 0 Å². The maximum absolute atomic E-state index is 9.42. The Hall–Kier alpha value is -1.28. The Bertz CT molecular complexity index is 295. The van der Waals surface area contributed by atoms with E-state index in [0.29, 0.717) is 5.57 Å². The van der Waals surface area contributed by atoms with Gasteiger partial charge in [-0.2, -0.15) is 0 Å². The van der Waals surface area contributed by atoms with Crippen LogP contribution in [0.3, 0.4) is 0 Å². The number of rotatable bonds is 2. The summed E-state index contributed by atoms with van der Waals surface area (Å²) in [5.74, 6) is 0.168. The number of hydrogen-bond donors (Lipinski definition) is 2. The van der Waals surface area contributed by atoms with Crippen molar-refractivity contribution >= 4 is 5.57 Å². The molecule has 0 fully saturated rings. The molecule has 13 heavy (non-hydrogen) atoms. The van der Waals surface area contributed by atoms with Crippen LogP contribution in [-0.2, 0) is 0 Å². The maximum Gasteiger partial charge on any atom is 0.0955 e. The van der Waals surface area contributed by atoms with Crippen molar-refractivity contribution in [2.24, 2.45) is 0 Å². The molecule has 1 unspecified atom stereocenters. The van der Waals surface area contributed by atoms with Crippen molar-refractivity contribution in [2.45, 2.75) is 20.0 Å². The van der Waals surface area contributed by atoms with Gasteiger partial charge in [0.1, 0.15) is 0 Å². The first-order valence-electron chi connectivity index (χ1n) is 4.26. The van der Waals surface area contributed by atoms with Crippen molar-refractivity contribution in [1.82, 2.24) is 0 Å². The second-order valence-electron chi connectivity index (χ2n) is 3.04. The average Bonchev–Trinajstić information content (AvgIpc) is 2.04. The van der Waals surface area contributed by atoms with Crippen LogP contribution in [0.25, 0.3) is 5.57 Å². The molecule has 2 nitrogen and oxygen atoms in total. The number of aliphatic hydroxyl groups is 2. The summed E-state index contributed by atoms with van der Waals surface area (Å²) in [6.07, 6.45) is -0.646. The van der Waals surface area contributed by atoms with E-state index in [-0.39, 0.29) is 5.76 Å². The molecule has 0 saturated carbocycles. The lowest BCUT2D eigenvalue weighted by molar-refractivity contribution is 0.247. The third-order valence-corrected chi connectivity index (χ3v) is 1.89. The predicted octanol–water partition coefficient (Wildman–Crippen LogP) is 2.36. The highest BCUT2D eigenvalue weighted by atomic mass is 16.3. The number of aliphatic hydroxyl groups excluding tert-OH is 2. The van der Waals surface area contributed by atoms with E-state index in [9.17, 15) is 10.2 Å². The second-order valence-corrected chi connectivity index (χ2v) is 3.04. The summed E-state index contributed by atoms with van der Waals surface area (Å²) >= 11 is 0. The molecule has 0 amide bonds. The van der Waals surface area contributed by atoms with Crippen molar-refractivity contribution < 1.29 is 10.2 Å². The van der Waals surface area contributed by atoms with Gasteiger partial charge in [-0.05, 0) is 19.4 Å². The maximum atomic E-state index is 9.42. The van der Waals surface area contributed by atoms with Crippen molar-refractivity contribution in [3.8, 4) is 0 Å². The highest BCUT2D eigenvalue weighted by Gasteiger charge is 2.10. The minimum absolute atomic E-state index is 0.168. The second kappa shape index (κ2) is 4.10. The zero-order chi connectivity index (χ0) is 9.84. The van der Waals surface area contributed by atoms with Gasteiger partial charge in [0, 0.05) is 5.57 Å². The molecule has 1 rings (SSSR count). The summed E-state index contributed by atoms with van der Waals surface area (Å²) in [6, 6.07) is 9.38. The van der Waals surface area contributed by atoms with Gasteiger partial charge in [-0.15, -0.1) is 0 Å². The van der Waals surface area contributed by atoms with Crippen LogP contribution in [0.1, 0.15) is 19.4 Å². The fourth-order valence-corrected chi connectivity index (χ4v) is 1.37. The van der Waals surface area contributed by atoms with Crippen LogP contribution < -0.4 is 0 Å². The van der Waals surface area contributed by atoms with Crippen LogP contribution in [0.15, 0.2) is 36.1 Å². The van der Waals surface area contributed by atoms with Gasteiger partial charge in [-0.25, -0.2) is 0 Å². The normalized spacial score (nSPS) is 15.0. The van der Waals surface area contributed by atoms with E-state index in [2.05, 4.69) is 0 Å². The average molecular weight is 178 g/mol. The third kappa shape index (κ3) is 2.33. The van der Waals surface area contributed by atoms with Gasteiger partial charge in [-0.1, -0.05) is 30.3 Å². The minimum Gasteiger partial charge on any atom is -0.512 e. The monoisotopic (exact) mass is 178 g/mol. The van der Waals surface area contributed by atoms with Crippen LogP contribution in [0.4, 0.5) is 0 Å². The summed E-state index contributed by atoms with van der Waals surface area (Å²) in [5, 5.41) is 18.8. The molecule has 0 aliphatic rings. The third-order valence-electron chi connectivity index (χ3n) is 1.89. The van der Waals surface area contributed by atoms with Gasteiger partial charge in [0.2, 0.25) is 0 Å². The Kier molecular flexibility index (Phi) is 3.09. The molecule has 0 aromatic heterocycles. The van der Waals surface area contributed by atoms with E-state index in [1.807, 2.05) is 30.3 Å². The molecule has 0 aliphatic heterocycles. The molecule has 70 valence electrons. The summed E-state index contributed by atoms with van der Waals surface area (Å²) in [7, 11) is 0. The largest absolute Gasteiger partial charge is 0.512 e. The fraction of sp³-hybridized carbons (Fsp3) is 0.273. The Balaban J connectivity index is 3.12. The Morgan fingerprint density at radius 3 is 2.15 bits per heavy atom. The zero-order valence-electron chi connectivity index (χ0n) is 7.86. The first-order chi connectivity index (χ1) is 6.13. The van der Waals surface area contributed by atoms with Crippen LogP contribution in [0.5, 0.6) is 0 Å². The van der Waals surface area contributed by atoms with Crippen LogP contribution in [0.2, 0.25) is 0 Å². The zero-order valence-corrected chi connectivity index (χ0v) is 7.86. The van der Waals surface area contributed by atoms with Crippen molar-refractivity contribution in [3.05, 3.63) is 41.7 Å². The van der Waals surface area contributed by atoms with Crippen LogP contribution >= 0.6 is 0 Å². The lowest BCUT2D eigenvalue weighted by atomic mass is 10.0. The number of benzene rings is 1. The smallest absolute Gasteiger partial charge is 0.0955 e. The molecule has 0 heterocycles. The highest BCUT2D eigenvalue weighted by Crippen LogP contribution is 2.20. The van der Waals surface area contributed by atoms with Gasteiger partial charge < -0.3 is 10.2 Å². The van der Waals surface area contributed by atoms with E-state index in [1.54, 1.807) is 13.8 Å². The van der Waals surface area contributed by atoms with Crippen molar-refractivity contribution in [2.75, 3.05) is 0 Å². The van der Waals surface area contributed by atoms with Crippen LogP contribution in [-0.4, -0.2) is 16.3 Å². The summed E-state index contributed by atoms with van der Waals surface area (Å²) in [4.78, 5) is 0. The molecule has 0 aliphatic carbocycles. The van der Waals surface area contributed by atoms with Gasteiger partial charge in [0.05, 0.1) is 11.9 Å². The van der Waals surface area contributed by atoms with E-state index in [1.165, 1.54) is 0 Å². The summed E-state index contributed by atoms with van der Waals surface area (Å²) in [6.45, 7) is 3.22. The lowest BCUT2D eigenvalue weighted by Crippen LogP contribution is -2.05. The minimum atomic E-state index is -0.646. The molecule has 0 spiro atoms. The molecule has 0 radical (unpaired) electrons. The first-order valence-corrected chi connectivity index (χ1v) is 4.26. The number of hydrogen-bond acceptors (Lipinski definition) is 2. The topological polar surface area (TPSA) is 40.5 Å². The molecule has 0 saturated heterocycles. The molecule has 0 bridgehead atoms. The summed E-state index contributed by atoms with van der Waals surface area (Å²) in [5.41, 5.74) is 1.44. The number of allylic oxidation sites excluding steroid dienone is 1. The highest BCUT2D eigenvalue weighted by molar-refractivity contribution is 5.69. The van der Waals surface area contributed by atoms with E-state index in [0.717, 1.165) is 5.56 Å². The molecule has 2 heteroatoms. The molecular formula is C11H14O2. The van der Waals surface area contributed by atoms with Gasteiger partial charge >= 0.3 is 0 Å². The molecule has 1 aromatic rings. The van der Waals surface area contributed by atoms with Gasteiger partial charge in [0.25, 0.3) is 0 Å². The summed E-state index contributed by atoms with van der Waals surface area (Å²) < 4.78 is 0. The molecule has 2 N–H and O–H groups in total. The predicted molar refractivity (Wildman–Crippen MR) is 53.3 cm³/mol. The Morgan fingerprint density at radius 1 is 1.23 bits per heavy atom. The van der Waals surface area contributed by atoms with E-state index >= 15 is 0 Å². The Labute approximate surface area is 78.2 Å². The van der Waals surface area contributed by atoms with E-state index < -0.39 is 6.10 Å². The first kappa shape index (κ1) is 9.81. The van der Waals surface area contributed by atoms with Gasteiger partial charge in [-0.3, -0.25) is 0 Å². The SMILES string of the molecule is C/C(O)=C(\c1ccccc1)C(C)O. The van der Waals surface area contributed by atoms with Crippen molar-refractivity contribution in [1.29, 1.82) is 0 Å². The van der Waals surface area contributed by atoms with Crippen molar-refractivity contribution in [3.63, 3.8) is 0 Å². The van der Waals surface area contributed by atoms with Crippen LogP contribution in [0, 0.1) is 0 Å².